The van der Waals surface area contributed by atoms with Gasteiger partial charge in [-0.15, -0.1) is 0 Å². The third-order valence-corrected chi connectivity index (χ3v) is 5.09. The molecule has 0 saturated heterocycles. The molecule has 3 rings (SSSR count). The summed E-state index contributed by atoms with van der Waals surface area (Å²) in [7, 11) is -3.47. The lowest BCUT2D eigenvalue weighted by Gasteiger charge is -2.11. The van der Waals surface area contributed by atoms with Crippen molar-refractivity contribution in [2.45, 2.75) is 6.42 Å². The largest absolute Gasteiger partial charge is 0.281 e. The molecule has 1 aromatic heterocycles. The van der Waals surface area contributed by atoms with E-state index < -0.39 is 10.0 Å². The Labute approximate surface area is 140 Å². The standard InChI is InChI=1S/C17H15ClN2O2S/c18-15-8-9-16(17-14(15)7-4-11-19-17)20-23(21,22)12-10-13-5-2-1-3-6-13/h1-9,11,20H,10,12H2. The van der Waals surface area contributed by atoms with Crippen molar-refractivity contribution in [2.24, 2.45) is 0 Å². The molecule has 0 atom stereocenters. The van der Waals surface area contributed by atoms with E-state index in [0.29, 0.717) is 22.6 Å². The monoisotopic (exact) mass is 346 g/mol. The number of nitrogens with zero attached hydrogens (tertiary/aromatic N) is 1. The van der Waals surface area contributed by atoms with E-state index >= 15 is 0 Å². The quantitative estimate of drug-likeness (QED) is 0.762. The molecule has 0 fully saturated rings. The molecular formula is C17H15ClN2O2S. The molecule has 3 aromatic rings. The highest BCUT2D eigenvalue weighted by Crippen LogP contribution is 2.28. The lowest BCUT2D eigenvalue weighted by molar-refractivity contribution is 0.600. The van der Waals surface area contributed by atoms with Gasteiger partial charge in [0.1, 0.15) is 0 Å². The minimum Gasteiger partial charge on any atom is -0.281 e. The number of hydrogen-bond donors (Lipinski definition) is 1. The number of halogens is 1. The number of nitrogens with one attached hydrogen (secondary N) is 1. The summed E-state index contributed by atoms with van der Waals surface area (Å²) in [6, 6.07) is 16.4. The van der Waals surface area contributed by atoms with Crippen LogP contribution in [0.4, 0.5) is 5.69 Å². The smallest absolute Gasteiger partial charge is 0.233 e. The Hall–Kier alpha value is -2.11. The summed E-state index contributed by atoms with van der Waals surface area (Å²) in [5.74, 6) is 0.00790. The van der Waals surface area contributed by atoms with Crippen LogP contribution in [0.5, 0.6) is 0 Å². The average Bonchev–Trinajstić information content (AvgIpc) is 2.57. The van der Waals surface area contributed by atoms with Gasteiger partial charge in [-0.25, -0.2) is 8.42 Å². The van der Waals surface area contributed by atoms with Crippen molar-refractivity contribution in [3.8, 4) is 0 Å². The minimum atomic E-state index is -3.47. The molecule has 118 valence electrons. The van der Waals surface area contributed by atoms with Crippen LogP contribution in [0.25, 0.3) is 10.9 Å². The van der Waals surface area contributed by atoms with Crippen LogP contribution >= 0.6 is 11.6 Å². The summed E-state index contributed by atoms with van der Waals surface area (Å²) in [4.78, 5) is 4.23. The number of anilines is 1. The van der Waals surface area contributed by atoms with E-state index in [2.05, 4.69) is 9.71 Å². The van der Waals surface area contributed by atoms with Crippen molar-refractivity contribution in [1.29, 1.82) is 0 Å². The summed E-state index contributed by atoms with van der Waals surface area (Å²) in [6.07, 6.45) is 2.07. The maximum absolute atomic E-state index is 12.3. The Balaban J connectivity index is 1.82. The summed E-state index contributed by atoms with van der Waals surface area (Å²) >= 11 is 6.12. The number of benzene rings is 2. The second-order valence-corrected chi connectivity index (χ2v) is 7.40. The summed E-state index contributed by atoms with van der Waals surface area (Å²) in [5, 5.41) is 1.26. The van der Waals surface area contributed by atoms with Crippen LogP contribution in [0.3, 0.4) is 0 Å². The van der Waals surface area contributed by atoms with Gasteiger partial charge in [0, 0.05) is 11.6 Å². The molecule has 4 nitrogen and oxygen atoms in total. The summed E-state index contributed by atoms with van der Waals surface area (Å²) in [6.45, 7) is 0. The topological polar surface area (TPSA) is 59.1 Å². The van der Waals surface area contributed by atoms with Gasteiger partial charge in [0.15, 0.2) is 0 Å². The third kappa shape index (κ3) is 3.81. The zero-order valence-electron chi connectivity index (χ0n) is 12.2. The number of pyridine rings is 1. The van der Waals surface area contributed by atoms with E-state index in [1.165, 1.54) is 0 Å². The molecule has 0 amide bonds. The Bertz CT molecular complexity index is 928. The van der Waals surface area contributed by atoms with Crippen LogP contribution in [0.2, 0.25) is 5.02 Å². The van der Waals surface area contributed by atoms with Crippen molar-refractivity contribution in [3.63, 3.8) is 0 Å². The highest BCUT2D eigenvalue weighted by atomic mass is 35.5. The first-order valence-corrected chi connectivity index (χ1v) is 9.16. The molecule has 0 aliphatic heterocycles. The van der Waals surface area contributed by atoms with Crippen LogP contribution in [0, 0.1) is 0 Å². The van der Waals surface area contributed by atoms with Crippen molar-refractivity contribution in [1.82, 2.24) is 4.98 Å². The highest BCUT2D eigenvalue weighted by Gasteiger charge is 2.14. The Morgan fingerprint density at radius 1 is 1.00 bits per heavy atom. The van der Waals surface area contributed by atoms with Gasteiger partial charge in [0.2, 0.25) is 10.0 Å². The van der Waals surface area contributed by atoms with Gasteiger partial charge in [-0.3, -0.25) is 9.71 Å². The molecule has 6 heteroatoms. The molecule has 0 radical (unpaired) electrons. The summed E-state index contributed by atoms with van der Waals surface area (Å²) in [5.41, 5.74) is 1.97. The highest BCUT2D eigenvalue weighted by molar-refractivity contribution is 7.92. The van der Waals surface area contributed by atoms with E-state index in [1.54, 1.807) is 24.4 Å². The summed E-state index contributed by atoms with van der Waals surface area (Å²) < 4.78 is 27.3. The van der Waals surface area contributed by atoms with Crippen molar-refractivity contribution >= 4 is 38.2 Å². The molecule has 1 N–H and O–H groups in total. The van der Waals surface area contributed by atoms with Gasteiger partial charge in [0.25, 0.3) is 0 Å². The second-order valence-electron chi connectivity index (χ2n) is 5.15. The van der Waals surface area contributed by atoms with Crippen molar-refractivity contribution in [2.75, 3.05) is 10.5 Å². The Morgan fingerprint density at radius 3 is 2.57 bits per heavy atom. The maximum atomic E-state index is 12.3. The van der Waals surface area contributed by atoms with Crippen LogP contribution in [0.15, 0.2) is 60.8 Å². The number of aryl methyl sites for hydroxylation is 1. The zero-order chi connectivity index (χ0) is 16.3. The van der Waals surface area contributed by atoms with Gasteiger partial charge < -0.3 is 0 Å². The van der Waals surface area contributed by atoms with Crippen LogP contribution in [-0.2, 0) is 16.4 Å². The molecule has 0 aliphatic carbocycles. The number of fused-ring (bicyclic) bond motifs is 1. The fraction of sp³-hybridized carbons (Fsp3) is 0.118. The van der Waals surface area contributed by atoms with Crippen molar-refractivity contribution < 1.29 is 8.42 Å². The maximum Gasteiger partial charge on any atom is 0.233 e. The first-order valence-electron chi connectivity index (χ1n) is 7.13. The number of hydrogen-bond acceptors (Lipinski definition) is 3. The van der Waals surface area contributed by atoms with Crippen molar-refractivity contribution in [3.05, 3.63) is 71.4 Å². The van der Waals surface area contributed by atoms with E-state index in [-0.39, 0.29) is 5.75 Å². The molecule has 0 bridgehead atoms. The zero-order valence-corrected chi connectivity index (χ0v) is 13.8. The fourth-order valence-electron chi connectivity index (χ4n) is 2.34. The Kier molecular flexibility index (Phi) is 4.50. The fourth-order valence-corrected chi connectivity index (χ4v) is 3.66. The molecular weight excluding hydrogens is 332 g/mol. The lowest BCUT2D eigenvalue weighted by atomic mass is 10.2. The van der Waals surface area contributed by atoms with E-state index in [0.717, 1.165) is 10.9 Å². The van der Waals surface area contributed by atoms with Crippen LogP contribution < -0.4 is 4.72 Å². The molecule has 2 aromatic carbocycles. The van der Waals surface area contributed by atoms with Gasteiger partial charge in [-0.1, -0.05) is 41.9 Å². The molecule has 0 aliphatic rings. The molecule has 0 unspecified atom stereocenters. The lowest BCUT2D eigenvalue weighted by Crippen LogP contribution is -2.18. The van der Waals surface area contributed by atoms with Crippen LogP contribution in [-0.4, -0.2) is 19.2 Å². The number of aromatic nitrogens is 1. The normalized spacial score (nSPS) is 11.5. The molecule has 23 heavy (non-hydrogen) atoms. The van der Waals surface area contributed by atoms with Gasteiger partial charge in [0.05, 0.1) is 22.0 Å². The first-order chi connectivity index (χ1) is 11.1. The van der Waals surface area contributed by atoms with Crippen LogP contribution in [0.1, 0.15) is 5.56 Å². The Morgan fingerprint density at radius 2 is 1.78 bits per heavy atom. The predicted octanol–water partition coefficient (Wildman–Crippen LogP) is 3.87. The average molecular weight is 347 g/mol. The predicted molar refractivity (Wildman–Crippen MR) is 94.3 cm³/mol. The first kappa shape index (κ1) is 15.8. The van der Waals surface area contributed by atoms with Gasteiger partial charge in [-0.05, 0) is 36.2 Å². The van der Waals surface area contributed by atoms with E-state index in [9.17, 15) is 8.42 Å². The number of sulfonamides is 1. The van der Waals surface area contributed by atoms with Gasteiger partial charge >= 0.3 is 0 Å². The van der Waals surface area contributed by atoms with Gasteiger partial charge in [-0.2, -0.15) is 0 Å². The number of rotatable bonds is 5. The van der Waals surface area contributed by atoms with E-state index in [4.69, 9.17) is 11.6 Å². The second kappa shape index (κ2) is 6.56. The SMILES string of the molecule is O=S(=O)(CCc1ccccc1)Nc1ccc(Cl)c2cccnc12. The van der Waals surface area contributed by atoms with E-state index in [1.807, 2.05) is 36.4 Å². The molecule has 1 heterocycles. The molecule has 0 saturated carbocycles. The minimum absolute atomic E-state index is 0.00790. The third-order valence-electron chi connectivity index (χ3n) is 3.48. The molecule has 0 spiro atoms.